The predicted molar refractivity (Wildman–Crippen MR) is 84.6 cm³/mol. The van der Waals surface area contributed by atoms with Crippen molar-refractivity contribution in [1.29, 1.82) is 0 Å². The molecule has 4 rings (SSSR count). The Balaban J connectivity index is 2.27. The summed E-state index contributed by atoms with van der Waals surface area (Å²) in [5, 5.41) is 0.379. The summed E-state index contributed by atoms with van der Waals surface area (Å²) in [6.07, 6.45) is 0. The van der Waals surface area contributed by atoms with E-state index in [-0.39, 0.29) is 11.1 Å². The number of benzene rings is 2. The van der Waals surface area contributed by atoms with E-state index in [2.05, 4.69) is 4.98 Å². The molecule has 23 heavy (non-hydrogen) atoms. The van der Waals surface area contributed by atoms with Crippen LogP contribution in [-0.4, -0.2) is 9.55 Å². The van der Waals surface area contributed by atoms with Crippen LogP contribution >= 0.6 is 0 Å². The average molecular weight is 310 g/mol. The van der Waals surface area contributed by atoms with E-state index in [9.17, 15) is 14.0 Å². The smallest absolute Gasteiger partial charge is 0.333 e. The average Bonchev–Trinajstić information content (AvgIpc) is 2.87. The maximum absolute atomic E-state index is 13.6. The van der Waals surface area contributed by atoms with Crippen molar-refractivity contribution in [2.24, 2.45) is 0 Å². The third-order valence-electron chi connectivity index (χ3n) is 3.74. The minimum atomic E-state index is -0.634. The fraction of sp³-hybridized carbons (Fsp3) is 0.0588. The van der Waals surface area contributed by atoms with Gasteiger partial charge >= 0.3 is 5.69 Å². The number of hydrogen-bond acceptors (Lipinski definition) is 3. The molecule has 0 saturated heterocycles. The highest BCUT2D eigenvalue weighted by Crippen LogP contribution is 2.28. The van der Waals surface area contributed by atoms with Gasteiger partial charge in [0.1, 0.15) is 16.9 Å². The molecule has 0 spiro atoms. The number of hydrogen-bond donors (Lipinski definition) is 1. The molecule has 0 unspecified atom stereocenters. The number of halogens is 1. The Morgan fingerprint density at radius 1 is 1.13 bits per heavy atom. The molecular weight excluding hydrogens is 299 g/mol. The van der Waals surface area contributed by atoms with Gasteiger partial charge in [-0.2, -0.15) is 0 Å². The summed E-state index contributed by atoms with van der Waals surface area (Å²) in [5.41, 5.74) is 0.894. The Morgan fingerprint density at radius 2 is 1.96 bits per heavy atom. The largest absolute Gasteiger partial charge is 0.449 e. The predicted octanol–water partition coefficient (Wildman–Crippen LogP) is 2.87. The van der Waals surface area contributed by atoms with Crippen LogP contribution in [0.25, 0.3) is 27.8 Å². The van der Waals surface area contributed by atoms with E-state index in [0.29, 0.717) is 16.7 Å². The van der Waals surface area contributed by atoms with Gasteiger partial charge in [0.05, 0.1) is 5.69 Å². The van der Waals surface area contributed by atoms with Gasteiger partial charge in [-0.25, -0.2) is 9.18 Å². The zero-order valence-corrected chi connectivity index (χ0v) is 12.1. The highest BCUT2D eigenvalue weighted by molar-refractivity contribution is 6.03. The monoisotopic (exact) mass is 310 g/mol. The van der Waals surface area contributed by atoms with E-state index in [0.717, 1.165) is 5.56 Å². The fourth-order valence-corrected chi connectivity index (χ4v) is 2.76. The number of nitrogens with one attached hydrogen (secondary N) is 1. The van der Waals surface area contributed by atoms with Gasteiger partial charge in [0.2, 0.25) is 5.58 Å². The fourth-order valence-electron chi connectivity index (χ4n) is 2.76. The summed E-state index contributed by atoms with van der Waals surface area (Å²) in [7, 11) is 0. The quantitative estimate of drug-likeness (QED) is 0.588. The van der Waals surface area contributed by atoms with Gasteiger partial charge in [-0.3, -0.25) is 14.3 Å². The zero-order valence-electron chi connectivity index (χ0n) is 12.1. The second kappa shape index (κ2) is 4.67. The molecule has 0 aliphatic heterocycles. The number of aromatic amines is 1. The van der Waals surface area contributed by atoms with E-state index in [1.807, 2.05) is 13.0 Å². The van der Waals surface area contributed by atoms with Gasteiger partial charge in [0, 0.05) is 5.39 Å². The molecule has 2 heterocycles. The highest BCUT2D eigenvalue weighted by Gasteiger charge is 2.17. The van der Waals surface area contributed by atoms with Gasteiger partial charge in [-0.15, -0.1) is 0 Å². The van der Waals surface area contributed by atoms with Crippen molar-refractivity contribution in [1.82, 2.24) is 9.55 Å². The van der Waals surface area contributed by atoms with Crippen molar-refractivity contribution in [3.63, 3.8) is 0 Å². The van der Waals surface area contributed by atoms with E-state index in [1.165, 1.54) is 22.8 Å². The molecule has 0 bridgehead atoms. The van der Waals surface area contributed by atoms with Crippen LogP contribution in [0.15, 0.2) is 56.5 Å². The first-order valence-electron chi connectivity index (χ1n) is 6.99. The lowest BCUT2D eigenvalue weighted by Crippen LogP contribution is -2.28. The van der Waals surface area contributed by atoms with E-state index >= 15 is 0 Å². The Morgan fingerprint density at radius 3 is 2.74 bits per heavy atom. The Bertz CT molecular complexity index is 1180. The van der Waals surface area contributed by atoms with Crippen molar-refractivity contribution >= 4 is 22.1 Å². The molecule has 5 nitrogen and oxygen atoms in total. The summed E-state index contributed by atoms with van der Waals surface area (Å²) in [6, 6.07) is 11.2. The normalized spacial score (nSPS) is 11.4. The standard InChI is InChI=1S/C17H11FN2O3/c1-9-3-2-4-11(7-9)20-14-12-8-10(18)5-6-13(12)23-15(14)16(21)19-17(20)22/h2-8H,1H3,(H,19,21,22). The number of fused-ring (bicyclic) bond motifs is 3. The van der Waals surface area contributed by atoms with Crippen LogP contribution in [0.1, 0.15) is 5.56 Å². The summed E-state index contributed by atoms with van der Waals surface area (Å²) >= 11 is 0. The number of nitrogens with zero attached hydrogens (tertiary/aromatic N) is 1. The van der Waals surface area contributed by atoms with Crippen molar-refractivity contribution < 1.29 is 8.81 Å². The maximum atomic E-state index is 13.6. The molecule has 4 aromatic rings. The topological polar surface area (TPSA) is 68.0 Å². The van der Waals surface area contributed by atoms with Gasteiger partial charge in [-0.05, 0) is 42.8 Å². The third-order valence-corrected chi connectivity index (χ3v) is 3.74. The Labute approximate surface area is 128 Å². The lowest BCUT2D eigenvalue weighted by atomic mass is 10.2. The van der Waals surface area contributed by atoms with Crippen LogP contribution in [0, 0.1) is 12.7 Å². The molecule has 114 valence electrons. The summed E-state index contributed by atoms with van der Waals surface area (Å²) in [6.45, 7) is 1.89. The Kier molecular flexibility index (Phi) is 2.74. The lowest BCUT2D eigenvalue weighted by Gasteiger charge is -2.07. The van der Waals surface area contributed by atoms with Gasteiger partial charge in [-0.1, -0.05) is 12.1 Å². The second-order valence-electron chi connectivity index (χ2n) is 5.35. The molecule has 0 fully saturated rings. The van der Waals surface area contributed by atoms with E-state index in [1.54, 1.807) is 18.2 Å². The zero-order chi connectivity index (χ0) is 16.1. The molecule has 0 aliphatic rings. The van der Waals surface area contributed by atoms with Gasteiger partial charge in [0.15, 0.2) is 0 Å². The van der Waals surface area contributed by atoms with Crippen LogP contribution in [0.5, 0.6) is 0 Å². The molecule has 2 aromatic carbocycles. The first-order chi connectivity index (χ1) is 11.0. The SMILES string of the molecule is Cc1cccc(-n2c(=O)[nH]c(=O)c3oc4ccc(F)cc4c32)c1. The number of rotatable bonds is 1. The minimum Gasteiger partial charge on any atom is -0.449 e. The van der Waals surface area contributed by atoms with Crippen molar-refractivity contribution in [2.45, 2.75) is 6.92 Å². The highest BCUT2D eigenvalue weighted by atomic mass is 19.1. The first-order valence-corrected chi connectivity index (χ1v) is 6.99. The van der Waals surface area contributed by atoms with Crippen LogP contribution in [-0.2, 0) is 0 Å². The van der Waals surface area contributed by atoms with Crippen LogP contribution in [0.2, 0.25) is 0 Å². The molecule has 0 amide bonds. The van der Waals surface area contributed by atoms with Crippen LogP contribution in [0.3, 0.4) is 0 Å². The summed E-state index contributed by atoms with van der Waals surface area (Å²) in [5.74, 6) is -0.469. The lowest BCUT2D eigenvalue weighted by molar-refractivity contribution is 0.625. The summed E-state index contributed by atoms with van der Waals surface area (Å²) < 4.78 is 20.5. The number of H-pyrrole nitrogens is 1. The first kappa shape index (κ1) is 13.5. The van der Waals surface area contributed by atoms with E-state index in [4.69, 9.17) is 4.42 Å². The Hall–Kier alpha value is -3.15. The maximum Gasteiger partial charge on any atom is 0.333 e. The minimum absolute atomic E-state index is 0.00768. The van der Waals surface area contributed by atoms with Crippen molar-refractivity contribution in [3.05, 3.63) is 74.7 Å². The second-order valence-corrected chi connectivity index (χ2v) is 5.35. The molecular formula is C17H11FN2O3. The number of aromatic nitrogens is 2. The molecule has 1 N–H and O–H groups in total. The number of aryl methyl sites for hydroxylation is 1. The molecule has 0 atom stereocenters. The molecule has 0 saturated carbocycles. The summed E-state index contributed by atoms with van der Waals surface area (Å²) in [4.78, 5) is 26.7. The number of furan rings is 1. The molecule has 2 aromatic heterocycles. The third kappa shape index (κ3) is 1.99. The van der Waals surface area contributed by atoms with Crippen molar-refractivity contribution in [3.8, 4) is 5.69 Å². The molecule has 0 aliphatic carbocycles. The van der Waals surface area contributed by atoms with Crippen LogP contribution < -0.4 is 11.2 Å². The van der Waals surface area contributed by atoms with Gasteiger partial charge in [0.25, 0.3) is 5.56 Å². The van der Waals surface area contributed by atoms with Crippen LogP contribution in [0.4, 0.5) is 4.39 Å². The molecule has 0 radical (unpaired) electrons. The molecule has 6 heteroatoms. The van der Waals surface area contributed by atoms with E-state index < -0.39 is 17.1 Å². The van der Waals surface area contributed by atoms with Crippen molar-refractivity contribution in [2.75, 3.05) is 0 Å². The van der Waals surface area contributed by atoms with Gasteiger partial charge < -0.3 is 4.42 Å².